The topological polar surface area (TPSA) is 35.2 Å². The summed E-state index contributed by atoms with van der Waals surface area (Å²) in [5, 5.41) is 0. The first kappa shape index (κ1) is 14.0. The van der Waals surface area contributed by atoms with Crippen LogP contribution in [-0.2, 0) is 0 Å². The van der Waals surface area contributed by atoms with Crippen molar-refractivity contribution in [3.63, 3.8) is 0 Å². The predicted molar refractivity (Wildman–Crippen MR) is 78.0 cm³/mol. The molecule has 100 valence electrons. The van der Waals surface area contributed by atoms with Gasteiger partial charge in [-0.25, -0.2) is 4.39 Å². The average molecular weight is 324 g/mol. The number of hydrogen-bond acceptors (Lipinski definition) is 2. The van der Waals surface area contributed by atoms with Crippen molar-refractivity contribution in [2.24, 2.45) is 5.73 Å². The Morgan fingerprint density at radius 1 is 1.16 bits per heavy atom. The summed E-state index contributed by atoms with van der Waals surface area (Å²) in [6.07, 6.45) is 0. The van der Waals surface area contributed by atoms with Gasteiger partial charge in [0.1, 0.15) is 5.75 Å². The van der Waals surface area contributed by atoms with Crippen LogP contribution in [0.2, 0.25) is 0 Å². The lowest BCUT2D eigenvalue weighted by atomic mass is 10.1. The molecule has 2 aromatic carbocycles. The zero-order valence-electron chi connectivity index (χ0n) is 10.8. The summed E-state index contributed by atoms with van der Waals surface area (Å²) in [5.74, 6) is 0.433. The molecule has 2 N–H and O–H groups in total. The van der Waals surface area contributed by atoms with Crippen LogP contribution in [0.1, 0.15) is 24.1 Å². The Bertz CT molecular complexity index is 599. The minimum atomic E-state index is -0.405. The van der Waals surface area contributed by atoms with Crippen molar-refractivity contribution in [3.8, 4) is 11.5 Å². The molecule has 2 rings (SSSR count). The molecule has 0 bridgehead atoms. The van der Waals surface area contributed by atoms with Gasteiger partial charge in [0.2, 0.25) is 0 Å². The van der Waals surface area contributed by atoms with E-state index in [0.717, 1.165) is 15.6 Å². The lowest BCUT2D eigenvalue weighted by molar-refractivity contribution is 0.438. The third-order valence-electron chi connectivity index (χ3n) is 2.84. The summed E-state index contributed by atoms with van der Waals surface area (Å²) < 4.78 is 20.5. The molecule has 0 aliphatic rings. The van der Waals surface area contributed by atoms with Crippen LogP contribution in [0.5, 0.6) is 11.5 Å². The Morgan fingerprint density at radius 2 is 1.84 bits per heavy atom. The predicted octanol–water partition coefficient (Wildman–Crippen LogP) is 4.71. The van der Waals surface area contributed by atoms with Gasteiger partial charge in [0.05, 0.1) is 0 Å². The Morgan fingerprint density at radius 3 is 2.42 bits per heavy atom. The third kappa shape index (κ3) is 3.33. The van der Waals surface area contributed by atoms with Crippen LogP contribution < -0.4 is 10.5 Å². The van der Waals surface area contributed by atoms with E-state index in [1.54, 1.807) is 18.2 Å². The standard InChI is InChI=1S/C15H15BrFNO/c1-9-7-12(16)4-6-14(9)19-15-5-3-11(10(2)18)8-13(15)17/h3-8,10H,18H2,1-2H3/t10-/m0/s1. The Kier molecular flexibility index (Phi) is 4.22. The maximum absolute atomic E-state index is 13.9. The zero-order valence-corrected chi connectivity index (χ0v) is 12.4. The highest BCUT2D eigenvalue weighted by Gasteiger charge is 2.09. The van der Waals surface area contributed by atoms with Gasteiger partial charge in [0, 0.05) is 10.5 Å². The largest absolute Gasteiger partial charge is 0.454 e. The van der Waals surface area contributed by atoms with Gasteiger partial charge in [-0.2, -0.15) is 0 Å². The quantitative estimate of drug-likeness (QED) is 0.887. The highest BCUT2D eigenvalue weighted by atomic mass is 79.9. The minimum absolute atomic E-state index is 0.196. The number of rotatable bonds is 3. The van der Waals surface area contributed by atoms with Crippen LogP contribution in [-0.4, -0.2) is 0 Å². The second kappa shape index (κ2) is 5.72. The van der Waals surface area contributed by atoms with E-state index >= 15 is 0 Å². The molecule has 0 heterocycles. The molecule has 19 heavy (non-hydrogen) atoms. The van der Waals surface area contributed by atoms with Gasteiger partial charge >= 0.3 is 0 Å². The molecule has 0 unspecified atom stereocenters. The molecule has 0 spiro atoms. The van der Waals surface area contributed by atoms with Crippen LogP contribution in [0.3, 0.4) is 0 Å². The molecule has 0 radical (unpaired) electrons. The molecule has 0 saturated carbocycles. The van der Waals surface area contributed by atoms with Crippen molar-refractivity contribution in [1.82, 2.24) is 0 Å². The minimum Gasteiger partial charge on any atom is -0.454 e. The fourth-order valence-corrected chi connectivity index (χ4v) is 2.20. The second-order valence-electron chi connectivity index (χ2n) is 4.49. The molecule has 0 amide bonds. The number of nitrogens with two attached hydrogens (primary N) is 1. The summed E-state index contributed by atoms with van der Waals surface area (Å²) in [4.78, 5) is 0. The monoisotopic (exact) mass is 323 g/mol. The third-order valence-corrected chi connectivity index (χ3v) is 3.33. The van der Waals surface area contributed by atoms with E-state index in [9.17, 15) is 4.39 Å². The molecular weight excluding hydrogens is 309 g/mol. The summed E-state index contributed by atoms with van der Waals surface area (Å²) in [5.41, 5.74) is 7.40. The van der Waals surface area contributed by atoms with E-state index in [1.165, 1.54) is 6.07 Å². The highest BCUT2D eigenvalue weighted by molar-refractivity contribution is 9.10. The van der Waals surface area contributed by atoms with E-state index in [0.29, 0.717) is 5.75 Å². The van der Waals surface area contributed by atoms with Gasteiger partial charge < -0.3 is 10.5 Å². The Hall–Kier alpha value is -1.39. The maximum Gasteiger partial charge on any atom is 0.166 e. The van der Waals surface area contributed by atoms with Gasteiger partial charge in [-0.1, -0.05) is 22.0 Å². The number of aryl methyl sites for hydroxylation is 1. The summed E-state index contributed by atoms with van der Waals surface area (Å²) in [6.45, 7) is 3.72. The fourth-order valence-electron chi connectivity index (χ4n) is 1.73. The average Bonchev–Trinajstić information content (AvgIpc) is 2.34. The molecule has 0 aliphatic heterocycles. The number of halogens is 2. The number of benzene rings is 2. The number of ether oxygens (including phenoxy) is 1. The van der Waals surface area contributed by atoms with Crippen LogP contribution >= 0.6 is 15.9 Å². The molecule has 4 heteroatoms. The van der Waals surface area contributed by atoms with Crippen LogP contribution in [0.4, 0.5) is 4.39 Å². The van der Waals surface area contributed by atoms with Crippen molar-refractivity contribution in [2.45, 2.75) is 19.9 Å². The maximum atomic E-state index is 13.9. The van der Waals surface area contributed by atoms with Gasteiger partial charge in [0.25, 0.3) is 0 Å². The normalized spacial score (nSPS) is 12.3. The lowest BCUT2D eigenvalue weighted by Crippen LogP contribution is -2.05. The molecule has 0 aliphatic carbocycles. The number of hydrogen-bond donors (Lipinski definition) is 1. The van der Waals surface area contributed by atoms with E-state index in [4.69, 9.17) is 10.5 Å². The summed E-state index contributed by atoms with van der Waals surface area (Å²) in [7, 11) is 0. The lowest BCUT2D eigenvalue weighted by Gasteiger charge is -2.12. The van der Waals surface area contributed by atoms with Gasteiger partial charge in [-0.15, -0.1) is 0 Å². The van der Waals surface area contributed by atoms with Crippen molar-refractivity contribution < 1.29 is 9.13 Å². The summed E-state index contributed by atoms with van der Waals surface area (Å²) >= 11 is 3.38. The fraction of sp³-hybridized carbons (Fsp3) is 0.200. The first-order chi connectivity index (χ1) is 8.97. The second-order valence-corrected chi connectivity index (χ2v) is 5.41. The first-order valence-electron chi connectivity index (χ1n) is 5.96. The van der Waals surface area contributed by atoms with Crippen molar-refractivity contribution in [3.05, 3.63) is 57.8 Å². The van der Waals surface area contributed by atoms with E-state index in [2.05, 4.69) is 15.9 Å². The Labute approximate surface area is 120 Å². The first-order valence-corrected chi connectivity index (χ1v) is 6.75. The molecule has 0 aromatic heterocycles. The highest BCUT2D eigenvalue weighted by Crippen LogP contribution is 2.30. The van der Waals surface area contributed by atoms with Gasteiger partial charge in [0.15, 0.2) is 11.6 Å². The zero-order chi connectivity index (χ0) is 14.0. The van der Waals surface area contributed by atoms with Crippen molar-refractivity contribution in [1.29, 1.82) is 0 Å². The van der Waals surface area contributed by atoms with Crippen molar-refractivity contribution >= 4 is 15.9 Å². The molecular formula is C15H15BrFNO. The summed E-state index contributed by atoms with van der Waals surface area (Å²) in [6, 6.07) is 10.2. The van der Waals surface area contributed by atoms with E-state index < -0.39 is 5.82 Å². The van der Waals surface area contributed by atoms with Crippen LogP contribution in [0.25, 0.3) is 0 Å². The van der Waals surface area contributed by atoms with Gasteiger partial charge in [-0.05, 0) is 55.3 Å². The molecule has 0 fully saturated rings. The van der Waals surface area contributed by atoms with Crippen molar-refractivity contribution in [2.75, 3.05) is 0 Å². The molecule has 0 saturated heterocycles. The van der Waals surface area contributed by atoms with Crippen LogP contribution in [0.15, 0.2) is 40.9 Å². The Balaban J connectivity index is 2.28. The molecule has 1 atom stereocenters. The van der Waals surface area contributed by atoms with Crippen LogP contribution in [0, 0.1) is 12.7 Å². The smallest absolute Gasteiger partial charge is 0.166 e. The van der Waals surface area contributed by atoms with E-state index in [-0.39, 0.29) is 11.8 Å². The SMILES string of the molecule is Cc1cc(Br)ccc1Oc1ccc([C@H](C)N)cc1F. The molecule has 2 nitrogen and oxygen atoms in total. The van der Waals surface area contributed by atoms with Gasteiger partial charge in [-0.3, -0.25) is 0 Å². The van der Waals surface area contributed by atoms with E-state index in [1.807, 2.05) is 26.0 Å². The molecule has 2 aromatic rings.